The quantitative estimate of drug-likeness (QED) is 0.102. The number of amides is 3. The molecule has 4 atom stereocenters. The van der Waals surface area contributed by atoms with Crippen molar-refractivity contribution >= 4 is 23.6 Å². The van der Waals surface area contributed by atoms with Gasteiger partial charge in [0.25, 0.3) is 0 Å². The van der Waals surface area contributed by atoms with E-state index < -0.39 is 12.1 Å². The zero-order valence-corrected chi connectivity index (χ0v) is 37.1. The number of hydrogen-bond acceptors (Lipinski definition) is 7. The molecule has 3 saturated heterocycles. The van der Waals surface area contributed by atoms with Crippen molar-refractivity contribution in [2.75, 3.05) is 38.2 Å². The number of para-hydroxylation sites is 1. The van der Waals surface area contributed by atoms with E-state index in [4.69, 9.17) is 14.7 Å². The minimum absolute atomic E-state index is 0.00390. The van der Waals surface area contributed by atoms with E-state index in [9.17, 15) is 14.4 Å². The normalized spacial score (nSPS) is 19.5. The number of likely N-dealkylation sites (tertiary alicyclic amines) is 2. The number of hydrogen-bond donors (Lipinski definition) is 3. The minimum atomic E-state index is -0.676. The topological polar surface area (TPSA) is 140 Å². The Labute approximate surface area is 365 Å². The van der Waals surface area contributed by atoms with E-state index in [1.54, 1.807) is 0 Å². The molecule has 0 spiro atoms. The monoisotopic (exact) mass is 838 g/mol. The molecule has 12 nitrogen and oxygen atoms in total. The molecule has 2 unspecified atom stereocenters. The zero-order chi connectivity index (χ0) is 43.5. The van der Waals surface area contributed by atoms with Gasteiger partial charge in [0.2, 0.25) is 11.8 Å². The molecule has 3 aliphatic rings. The van der Waals surface area contributed by atoms with Crippen LogP contribution in [0.25, 0.3) is 22.5 Å². The first kappa shape index (κ1) is 42.8. The fourth-order valence-electron chi connectivity index (χ4n) is 9.70. The van der Waals surface area contributed by atoms with Gasteiger partial charge in [-0.15, -0.1) is 0 Å². The Morgan fingerprint density at radius 2 is 1.21 bits per heavy atom. The van der Waals surface area contributed by atoms with Crippen LogP contribution in [0.5, 0.6) is 0 Å². The molecule has 3 amide bonds. The second-order valence-electron chi connectivity index (χ2n) is 18.6. The van der Waals surface area contributed by atoms with Gasteiger partial charge < -0.3 is 34.7 Å². The fraction of sp³-hybridized carbons (Fsp3) is 0.460. The molecule has 62 heavy (non-hydrogen) atoms. The molecule has 0 aliphatic carbocycles. The molecule has 3 N–H and O–H groups in total. The van der Waals surface area contributed by atoms with Crippen LogP contribution in [0, 0.1) is 23.2 Å². The number of ether oxygens (including phenoxy) is 1. The van der Waals surface area contributed by atoms with Crippen molar-refractivity contribution in [1.82, 2.24) is 35.1 Å². The van der Waals surface area contributed by atoms with Crippen molar-refractivity contribution in [2.24, 2.45) is 23.2 Å². The first-order valence-corrected chi connectivity index (χ1v) is 22.5. The van der Waals surface area contributed by atoms with Crippen LogP contribution in [0.1, 0.15) is 95.2 Å². The second kappa shape index (κ2) is 18.2. The van der Waals surface area contributed by atoms with Gasteiger partial charge in [-0.25, -0.2) is 14.8 Å². The van der Waals surface area contributed by atoms with Gasteiger partial charge in [0, 0.05) is 43.2 Å². The van der Waals surface area contributed by atoms with Crippen molar-refractivity contribution in [3.63, 3.8) is 0 Å². The SMILES string of the molecule is COC(=O)N[C@H](C(=O)N1CCCC1c1ncc(-c2ccc(CC3(Cc4ccc(-c5cnc(C6CCCN6C(=O)[C@@H](C)C(C)C)[nH]5)cc4)CN(c4ccccc4)C3)cc2)[nH]1)C(C)C. The molecule has 5 aromatic rings. The van der Waals surface area contributed by atoms with Crippen LogP contribution < -0.4 is 10.2 Å². The van der Waals surface area contributed by atoms with Crippen LogP contribution in [-0.4, -0.2) is 87.0 Å². The molecule has 3 aliphatic heterocycles. The summed E-state index contributed by atoms with van der Waals surface area (Å²) in [5.74, 6) is 1.93. The highest BCUT2D eigenvalue weighted by Gasteiger charge is 2.43. The number of imidazole rings is 2. The number of carbonyl (C=O) groups is 3. The molecule has 0 radical (unpaired) electrons. The van der Waals surface area contributed by atoms with Crippen molar-refractivity contribution in [3.8, 4) is 22.5 Å². The van der Waals surface area contributed by atoms with Crippen LogP contribution in [0.2, 0.25) is 0 Å². The average molecular weight is 839 g/mol. The van der Waals surface area contributed by atoms with Crippen molar-refractivity contribution < 1.29 is 19.1 Å². The maximum Gasteiger partial charge on any atom is 0.407 e. The zero-order valence-electron chi connectivity index (χ0n) is 37.1. The van der Waals surface area contributed by atoms with Gasteiger partial charge in [0.05, 0.1) is 43.0 Å². The summed E-state index contributed by atoms with van der Waals surface area (Å²) in [6.07, 6.45) is 8.65. The van der Waals surface area contributed by atoms with Crippen LogP contribution in [0.3, 0.4) is 0 Å². The number of nitrogens with zero attached hydrogens (tertiary/aromatic N) is 5. The van der Waals surface area contributed by atoms with Crippen molar-refractivity contribution in [1.29, 1.82) is 0 Å². The van der Waals surface area contributed by atoms with Crippen LogP contribution >= 0.6 is 0 Å². The summed E-state index contributed by atoms with van der Waals surface area (Å²) in [7, 11) is 1.31. The third-order valence-corrected chi connectivity index (χ3v) is 13.5. The average Bonchev–Trinajstić information content (AvgIpc) is 4.12. The lowest BCUT2D eigenvalue weighted by molar-refractivity contribution is -0.137. The number of aromatic nitrogens is 4. The van der Waals surface area contributed by atoms with Crippen LogP contribution in [0.4, 0.5) is 10.5 Å². The molecule has 5 heterocycles. The number of benzene rings is 3. The lowest BCUT2D eigenvalue weighted by atomic mass is 9.70. The largest absolute Gasteiger partial charge is 0.453 e. The third kappa shape index (κ3) is 9.01. The summed E-state index contributed by atoms with van der Waals surface area (Å²) >= 11 is 0. The Morgan fingerprint density at radius 3 is 1.68 bits per heavy atom. The van der Waals surface area contributed by atoms with E-state index in [1.165, 1.54) is 23.9 Å². The van der Waals surface area contributed by atoms with Gasteiger partial charge in [-0.1, -0.05) is 101 Å². The van der Waals surface area contributed by atoms with Gasteiger partial charge in [-0.2, -0.15) is 0 Å². The van der Waals surface area contributed by atoms with E-state index >= 15 is 0 Å². The summed E-state index contributed by atoms with van der Waals surface area (Å²) in [4.78, 5) is 62.0. The molecule has 2 aromatic heterocycles. The highest BCUT2D eigenvalue weighted by atomic mass is 16.5. The lowest BCUT2D eigenvalue weighted by Crippen LogP contribution is -2.58. The predicted molar refractivity (Wildman–Crippen MR) is 242 cm³/mol. The number of alkyl carbamates (subject to hydrolysis) is 1. The van der Waals surface area contributed by atoms with Crippen molar-refractivity contribution in [2.45, 2.75) is 91.3 Å². The van der Waals surface area contributed by atoms with E-state index in [1.807, 2.05) is 43.0 Å². The molecule has 326 valence electrons. The summed E-state index contributed by atoms with van der Waals surface area (Å²) < 4.78 is 4.80. The first-order valence-electron chi connectivity index (χ1n) is 22.5. The van der Waals surface area contributed by atoms with E-state index in [2.05, 4.69) is 113 Å². The Bertz CT molecular complexity index is 2310. The van der Waals surface area contributed by atoms with E-state index in [-0.39, 0.29) is 41.1 Å². The highest BCUT2D eigenvalue weighted by Crippen LogP contribution is 2.41. The van der Waals surface area contributed by atoms with Gasteiger partial charge in [-0.05, 0) is 84.7 Å². The summed E-state index contributed by atoms with van der Waals surface area (Å²) in [6.45, 7) is 13.4. The van der Waals surface area contributed by atoms with Gasteiger partial charge >= 0.3 is 6.09 Å². The number of rotatable bonds is 14. The molecule has 12 heteroatoms. The first-order chi connectivity index (χ1) is 29.9. The van der Waals surface area contributed by atoms with E-state index in [0.717, 1.165) is 92.3 Å². The van der Waals surface area contributed by atoms with E-state index in [0.29, 0.717) is 12.5 Å². The van der Waals surface area contributed by atoms with Crippen molar-refractivity contribution in [3.05, 3.63) is 114 Å². The second-order valence-corrected chi connectivity index (χ2v) is 18.6. The third-order valence-electron chi connectivity index (χ3n) is 13.5. The standard InChI is InChI=1S/C50H62N8O4/c1-32(2)34(5)47(59)57-24-10-14-42(57)45-51-28-40(53-45)37-20-16-35(17-21-37)26-50(30-56(31-50)39-12-8-7-9-13-39)27-36-18-22-38(23-19-36)41-29-52-46(54-41)43-15-11-25-58(43)48(60)44(33(3)4)55-49(61)62-6/h7-9,12-13,16-23,28-29,32-34,42-44H,10-11,14-15,24-27,30-31H2,1-6H3,(H,51,53)(H,52,54)(H,55,61)/t34-,42?,43?,44-/m0/s1. The lowest BCUT2D eigenvalue weighted by Gasteiger charge is -2.52. The predicted octanol–water partition coefficient (Wildman–Crippen LogP) is 8.76. The molecule has 8 rings (SSSR count). The number of H-pyrrole nitrogens is 2. The summed E-state index contributed by atoms with van der Waals surface area (Å²) in [5, 5.41) is 2.73. The molecular formula is C50H62N8O4. The van der Waals surface area contributed by atoms with Crippen LogP contribution in [0.15, 0.2) is 91.3 Å². The summed E-state index contributed by atoms with van der Waals surface area (Å²) in [6, 6.07) is 27.5. The Balaban J connectivity index is 0.949. The molecule has 0 saturated carbocycles. The Hall–Kier alpha value is -5.91. The molecule has 3 fully saturated rings. The number of aromatic amines is 2. The summed E-state index contributed by atoms with van der Waals surface area (Å²) in [5.41, 5.74) is 7.92. The number of nitrogens with one attached hydrogen (secondary N) is 3. The van der Waals surface area contributed by atoms with Gasteiger partial charge in [-0.3, -0.25) is 9.59 Å². The van der Waals surface area contributed by atoms with Gasteiger partial charge in [0.1, 0.15) is 17.7 Å². The number of anilines is 1. The molecular weight excluding hydrogens is 777 g/mol. The highest BCUT2D eigenvalue weighted by molar-refractivity contribution is 5.86. The Kier molecular flexibility index (Phi) is 12.6. The fourth-order valence-corrected chi connectivity index (χ4v) is 9.70. The van der Waals surface area contributed by atoms with Gasteiger partial charge in [0.15, 0.2) is 0 Å². The van der Waals surface area contributed by atoms with Crippen LogP contribution in [-0.2, 0) is 27.2 Å². The Morgan fingerprint density at radius 1 is 0.710 bits per heavy atom. The smallest absolute Gasteiger partial charge is 0.407 e. The maximum atomic E-state index is 13.7. The molecule has 0 bridgehead atoms. The molecule has 3 aromatic carbocycles. The maximum absolute atomic E-state index is 13.7. The minimum Gasteiger partial charge on any atom is -0.453 e. The number of methoxy groups -OCH3 is 1. The number of carbonyl (C=O) groups excluding carboxylic acids is 3.